The summed E-state index contributed by atoms with van der Waals surface area (Å²) in [6, 6.07) is 0.471. The molecule has 1 aliphatic heterocycles. The van der Waals surface area contributed by atoms with Gasteiger partial charge in [-0.2, -0.15) is 0 Å². The van der Waals surface area contributed by atoms with Crippen molar-refractivity contribution in [1.82, 2.24) is 15.2 Å². The second-order valence-corrected chi connectivity index (χ2v) is 6.78. The van der Waals surface area contributed by atoms with Gasteiger partial charge in [0.1, 0.15) is 0 Å². The van der Waals surface area contributed by atoms with Gasteiger partial charge in [0.2, 0.25) is 0 Å². The summed E-state index contributed by atoms with van der Waals surface area (Å²) in [7, 11) is 0. The molecule has 0 amide bonds. The Balaban J connectivity index is 2.24. The highest BCUT2D eigenvalue weighted by molar-refractivity contribution is 7.11. The summed E-state index contributed by atoms with van der Waals surface area (Å²) in [5.41, 5.74) is 1.43. The number of nitrogens with zero attached hydrogens (tertiary/aromatic N) is 2. The van der Waals surface area contributed by atoms with E-state index >= 15 is 0 Å². The molecule has 1 saturated heterocycles. The number of hydrogen-bond donors (Lipinski definition) is 1. The molecule has 0 aliphatic carbocycles. The molecule has 17 heavy (non-hydrogen) atoms. The second-order valence-electron chi connectivity index (χ2n) is 5.54. The topological polar surface area (TPSA) is 28.2 Å². The van der Waals surface area contributed by atoms with Crippen LogP contribution in [0.4, 0.5) is 0 Å². The summed E-state index contributed by atoms with van der Waals surface area (Å²) in [6.07, 6.45) is 0. The van der Waals surface area contributed by atoms with Crippen molar-refractivity contribution in [2.24, 2.45) is 0 Å². The van der Waals surface area contributed by atoms with Crippen molar-refractivity contribution in [2.45, 2.75) is 46.2 Å². The van der Waals surface area contributed by atoms with Crippen LogP contribution in [0.5, 0.6) is 0 Å². The first-order chi connectivity index (χ1) is 7.92. The van der Waals surface area contributed by atoms with Gasteiger partial charge in [0.25, 0.3) is 0 Å². The predicted molar refractivity (Wildman–Crippen MR) is 73.7 cm³/mol. The van der Waals surface area contributed by atoms with Crippen LogP contribution in [0.15, 0.2) is 0 Å². The molecule has 2 heterocycles. The van der Waals surface area contributed by atoms with Crippen molar-refractivity contribution < 1.29 is 0 Å². The zero-order chi connectivity index (χ0) is 12.6. The Kier molecular flexibility index (Phi) is 3.57. The molecule has 0 bridgehead atoms. The molecule has 1 atom stereocenters. The normalized spacial score (nSPS) is 22.6. The summed E-state index contributed by atoms with van der Waals surface area (Å²) in [5.74, 6) is 0. The quantitative estimate of drug-likeness (QED) is 0.878. The molecule has 0 saturated carbocycles. The van der Waals surface area contributed by atoms with E-state index in [0.29, 0.717) is 6.04 Å². The molecule has 1 fully saturated rings. The van der Waals surface area contributed by atoms with Gasteiger partial charge in [-0.05, 0) is 34.6 Å². The van der Waals surface area contributed by atoms with Crippen molar-refractivity contribution in [2.75, 3.05) is 19.6 Å². The van der Waals surface area contributed by atoms with E-state index in [1.54, 1.807) is 0 Å². The molecule has 3 nitrogen and oxygen atoms in total. The van der Waals surface area contributed by atoms with Crippen molar-refractivity contribution in [3.8, 4) is 0 Å². The van der Waals surface area contributed by atoms with Crippen LogP contribution in [0.1, 0.15) is 42.4 Å². The van der Waals surface area contributed by atoms with E-state index < -0.39 is 0 Å². The minimum Gasteiger partial charge on any atom is -0.314 e. The number of aromatic nitrogens is 1. The molecular weight excluding hydrogens is 230 g/mol. The molecule has 1 aromatic rings. The summed E-state index contributed by atoms with van der Waals surface area (Å²) < 4.78 is 0. The van der Waals surface area contributed by atoms with E-state index in [0.717, 1.165) is 19.6 Å². The van der Waals surface area contributed by atoms with Gasteiger partial charge in [0.15, 0.2) is 0 Å². The molecule has 4 heteroatoms. The first-order valence-corrected chi connectivity index (χ1v) is 7.15. The van der Waals surface area contributed by atoms with Crippen LogP contribution < -0.4 is 5.32 Å². The lowest BCUT2D eigenvalue weighted by atomic mass is 9.97. The summed E-state index contributed by atoms with van der Waals surface area (Å²) in [4.78, 5) is 8.58. The zero-order valence-corrected chi connectivity index (χ0v) is 12.3. The molecule has 0 aromatic carbocycles. The van der Waals surface area contributed by atoms with Gasteiger partial charge in [-0.15, -0.1) is 11.3 Å². The van der Waals surface area contributed by atoms with Crippen LogP contribution in [0, 0.1) is 13.8 Å². The third-order valence-electron chi connectivity index (χ3n) is 3.65. The van der Waals surface area contributed by atoms with Gasteiger partial charge in [0, 0.05) is 36.1 Å². The first kappa shape index (κ1) is 13.0. The molecule has 96 valence electrons. The average Bonchev–Trinajstić information content (AvgIpc) is 2.56. The minimum atomic E-state index is 0.224. The number of nitrogens with one attached hydrogen (secondary N) is 1. The molecule has 1 aliphatic rings. The van der Waals surface area contributed by atoms with Gasteiger partial charge in [-0.3, -0.25) is 4.90 Å². The maximum Gasteiger partial charge on any atom is 0.0900 e. The Labute approximate surface area is 108 Å². The van der Waals surface area contributed by atoms with E-state index in [4.69, 9.17) is 0 Å². The maximum atomic E-state index is 4.55. The predicted octanol–water partition coefficient (Wildman–Crippen LogP) is 2.50. The summed E-state index contributed by atoms with van der Waals surface area (Å²) >= 11 is 1.84. The van der Waals surface area contributed by atoms with Crippen LogP contribution in [-0.4, -0.2) is 35.1 Å². The Morgan fingerprint density at radius 3 is 2.65 bits per heavy atom. The van der Waals surface area contributed by atoms with Crippen molar-refractivity contribution >= 4 is 11.3 Å². The first-order valence-electron chi connectivity index (χ1n) is 6.33. The monoisotopic (exact) mass is 253 g/mol. The molecule has 1 aromatic heterocycles. The highest BCUT2D eigenvalue weighted by Gasteiger charge is 2.34. The molecular formula is C13H23N3S. The highest BCUT2D eigenvalue weighted by Crippen LogP contribution is 2.33. The van der Waals surface area contributed by atoms with Gasteiger partial charge in [-0.1, -0.05) is 0 Å². The van der Waals surface area contributed by atoms with E-state index in [1.807, 2.05) is 11.3 Å². The molecule has 0 radical (unpaired) electrons. The summed E-state index contributed by atoms with van der Waals surface area (Å²) in [6.45, 7) is 14.4. The fraction of sp³-hybridized carbons (Fsp3) is 0.769. The molecule has 1 unspecified atom stereocenters. The zero-order valence-electron chi connectivity index (χ0n) is 11.5. The van der Waals surface area contributed by atoms with E-state index in [9.17, 15) is 0 Å². The second kappa shape index (κ2) is 4.67. The van der Waals surface area contributed by atoms with Crippen LogP contribution in [-0.2, 0) is 0 Å². The van der Waals surface area contributed by atoms with E-state index in [2.05, 4.69) is 49.8 Å². The van der Waals surface area contributed by atoms with Gasteiger partial charge in [-0.25, -0.2) is 4.98 Å². The maximum absolute atomic E-state index is 4.55. The molecule has 2 rings (SSSR count). The molecule has 1 N–H and O–H groups in total. The van der Waals surface area contributed by atoms with E-state index in [1.165, 1.54) is 15.6 Å². The van der Waals surface area contributed by atoms with Crippen LogP contribution in [0.25, 0.3) is 0 Å². The lowest BCUT2D eigenvalue weighted by molar-refractivity contribution is 0.0527. The third kappa shape index (κ3) is 2.54. The minimum absolute atomic E-state index is 0.224. The average molecular weight is 253 g/mol. The Bertz CT molecular complexity index is 397. The number of piperazine rings is 1. The van der Waals surface area contributed by atoms with Gasteiger partial charge < -0.3 is 5.32 Å². The standard InChI is InChI=1S/C13H23N3S/c1-9-12(17-11(3)15-9)10(2)16-7-6-14-8-13(16,4)5/h10,14H,6-8H2,1-5H3. The highest BCUT2D eigenvalue weighted by atomic mass is 32.1. The number of thiazole rings is 1. The third-order valence-corrected chi connectivity index (χ3v) is 4.89. The van der Waals surface area contributed by atoms with Crippen LogP contribution in [0.3, 0.4) is 0 Å². The number of rotatable bonds is 2. The van der Waals surface area contributed by atoms with Crippen molar-refractivity contribution in [3.05, 3.63) is 15.6 Å². The lowest BCUT2D eigenvalue weighted by Crippen LogP contribution is -2.58. The van der Waals surface area contributed by atoms with Crippen molar-refractivity contribution in [1.29, 1.82) is 0 Å². The lowest BCUT2D eigenvalue weighted by Gasteiger charge is -2.46. The smallest absolute Gasteiger partial charge is 0.0900 e. The summed E-state index contributed by atoms with van der Waals surface area (Å²) in [5, 5.41) is 4.66. The van der Waals surface area contributed by atoms with Gasteiger partial charge >= 0.3 is 0 Å². The van der Waals surface area contributed by atoms with Crippen molar-refractivity contribution in [3.63, 3.8) is 0 Å². The van der Waals surface area contributed by atoms with Gasteiger partial charge in [0.05, 0.1) is 10.7 Å². The SMILES string of the molecule is Cc1nc(C)c(C(C)N2CCNCC2(C)C)s1. The Morgan fingerprint density at radius 2 is 2.12 bits per heavy atom. The fourth-order valence-electron chi connectivity index (χ4n) is 2.79. The Hall–Kier alpha value is -0.450. The van der Waals surface area contributed by atoms with Crippen LogP contribution in [0.2, 0.25) is 0 Å². The Morgan fingerprint density at radius 1 is 1.41 bits per heavy atom. The fourth-order valence-corrected chi connectivity index (χ4v) is 3.78. The van der Waals surface area contributed by atoms with E-state index in [-0.39, 0.29) is 5.54 Å². The molecule has 0 spiro atoms. The van der Waals surface area contributed by atoms with Crippen LogP contribution >= 0.6 is 11.3 Å². The number of hydrogen-bond acceptors (Lipinski definition) is 4. The largest absolute Gasteiger partial charge is 0.314 e. The number of aryl methyl sites for hydroxylation is 2.